The van der Waals surface area contributed by atoms with Crippen LogP contribution in [-0.2, 0) is 10.0 Å². The summed E-state index contributed by atoms with van der Waals surface area (Å²) < 4.78 is 26.0. The first-order valence-corrected chi connectivity index (χ1v) is 8.34. The Morgan fingerprint density at radius 1 is 1.16 bits per heavy atom. The highest BCUT2D eigenvalue weighted by molar-refractivity contribution is 7.89. The van der Waals surface area contributed by atoms with Crippen LogP contribution in [0.1, 0.15) is 40.0 Å². The first kappa shape index (κ1) is 16.0. The van der Waals surface area contributed by atoms with E-state index in [2.05, 4.69) is 23.9 Å². The molecule has 0 spiro atoms. The second-order valence-electron chi connectivity index (χ2n) is 4.71. The third-order valence-corrected chi connectivity index (χ3v) is 4.46. The Morgan fingerprint density at radius 3 is 2.32 bits per heavy atom. The van der Waals surface area contributed by atoms with Gasteiger partial charge in [-0.3, -0.25) is 0 Å². The maximum absolute atomic E-state index is 11.8. The predicted molar refractivity (Wildman–Crippen MR) is 79.9 cm³/mol. The lowest BCUT2D eigenvalue weighted by atomic mass is 10.1. The van der Waals surface area contributed by atoms with E-state index in [1.807, 2.05) is 12.1 Å². The van der Waals surface area contributed by atoms with E-state index in [9.17, 15) is 8.42 Å². The summed E-state index contributed by atoms with van der Waals surface area (Å²) >= 11 is 0. The van der Waals surface area contributed by atoms with Crippen molar-refractivity contribution in [3.63, 3.8) is 0 Å². The predicted octanol–water partition coefficient (Wildman–Crippen LogP) is 2.98. The molecule has 4 nitrogen and oxygen atoms in total. The van der Waals surface area contributed by atoms with Crippen molar-refractivity contribution in [1.29, 1.82) is 0 Å². The molecule has 0 saturated heterocycles. The molecular formula is C14H24N2O2S. The molecule has 2 N–H and O–H groups in total. The third kappa shape index (κ3) is 5.20. The van der Waals surface area contributed by atoms with Crippen LogP contribution in [0.4, 0.5) is 5.69 Å². The standard InChI is InChI=1S/C14H24N2O2S/c1-4-6-7-12(3)16-13-8-10-14(11-9-13)19(17,18)15-5-2/h8-12,15-16H,4-7H2,1-3H3. The van der Waals surface area contributed by atoms with Crippen LogP contribution < -0.4 is 10.0 Å². The highest BCUT2D eigenvalue weighted by Crippen LogP contribution is 2.15. The Balaban J connectivity index is 2.66. The molecule has 0 aromatic heterocycles. The largest absolute Gasteiger partial charge is 0.383 e. The first-order chi connectivity index (χ1) is 8.99. The SMILES string of the molecule is CCCCC(C)Nc1ccc(S(=O)(=O)NCC)cc1. The fourth-order valence-electron chi connectivity index (χ4n) is 1.87. The minimum Gasteiger partial charge on any atom is -0.383 e. The van der Waals surface area contributed by atoms with Crippen molar-refractivity contribution in [3.05, 3.63) is 24.3 Å². The van der Waals surface area contributed by atoms with Gasteiger partial charge in [0.1, 0.15) is 0 Å². The van der Waals surface area contributed by atoms with E-state index >= 15 is 0 Å². The summed E-state index contributed by atoms with van der Waals surface area (Å²) in [5, 5.41) is 3.37. The number of hydrogen-bond acceptors (Lipinski definition) is 3. The summed E-state index contributed by atoms with van der Waals surface area (Å²) in [5.41, 5.74) is 0.957. The molecule has 1 rings (SSSR count). The van der Waals surface area contributed by atoms with E-state index in [0.29, 0.717) is 17.5 Å². The van der Waals surface area contributed by atoms with E-state index in [1.54, 1.807) is 19.1 Å². The van der Waals surface area contributed by atoms with Crippen LogP contribution in [0.25, 0.3) is 0 Å². The van der Waals surface area contributed by atoms with Gasteiger partial charge in [0, 0.05) is 18.3 Å². The van der Waals surface area contributed by atoms with Crippen molar-refractivity contribution < 1.29 is 8.42 Å². The smallest absolute Gasteiger partial charge is 0.240 e. The van der Waals surface area contributed by atoms with Gasteiger partial charge < -0.3 is 5.32 Å². The Labute approximate surface area is 116 Å². The fraction of sp³-hybridized carbons (Fsp3) is 0.571. The number of nitrogens with one attached hydrogen (secondary N) is 2. The number of hydrogen-bond donors (Lipinski definition) is 2. The second-order valence-corrected chi connectivity index (χ2v) is 6.48. The minimum atomic E-state index is -3.35. The molecule has 0 aliphatic rings. The van der Waals surface area contributed by atoms with Gasteiger partial charge in [0.2, 0.25) is 10.0 Å². The highest BCUT2D eigenvalue weighted by Gasteiger charge is 2.12. The summed E-state index contributed by atoms with van der Waals surface area (Å²) in [4.78, 5) is 0.307. The fourth-order valence-corrected chi connectivity index (χ4v) is 2.91. The Morgan fingerprint density at radius 2 is 1.79 bits per heavy atom. The number of anilines is 1. The van der Waals surface area contributed by atoms with Gasteiger partial charge in [-0.2, -0.15) is 0 Å². The number of rotatable bonds is 8. The van der Waals surface area contributed by atoms with Crippen molar-refractivity contribution in [2.24, 2.45) is 0 Å². The van der Waals surface area contributed by atoms with E-state index in [-0.39, 0.29) is 0 Å². The topological polar surface area (TPSA) is 58.2 Å². The van der Waals surface area contributed by atoms with Crippen LogP contribution in [0, 0.1) is 0 Å². The van der Waals surface area contributed by atoms with Crippen LogP contribution in [0.3, 0.4) is 0 Å². The maximum atomic E-state index is 11.8. The van der Waals surface area contributed by atoms with Gasteiger partial charge in [0.15, 0.2) is 0 Å². The Kier molecular flexibility index (Phi) is 6.31. The van der Waals surface area contributed by atoms with Crippen molar-refractivity contribution in [3.8, 4) is 0 Å². The molecule has 0 radical (unpaired) electrons. The molecule has 0 fully saturated rings. The van der Waals surface area contributed by atoms with Crippen molar-refractivity contribution >= 4 is 15.7 Å². The lowest BCUT2D eigenvalue weighted by Crippen LogP contribution is -2.23. The molecule has 1 aromatic rings. The monoisotopic (exact) mass is 284 g/mol. The van der Waals surface area contributed by atoms with Gasteiger partial charge in [-0.1, -0.05) is 26.7 Å². The number of unbranched alkanes of at least 4 members (excludes halogenated alkanes) is 1. The van der Waals surface area contributed by atoms with E-state index < -0.39 is 10.0 Å². The molecule has 0 aliphatic carbocycles. The molecule has 1 unspecified atom stereocenters. The molecular weight excluding hydrogens is 260 g/mol. The average Bonchev–Trinajstić information content (AvgIpc) is 2.37. The van der Waals surface area contributed by atoms with E-state index in [1.165, 1.54) is 12.8 Å². The van der Waals surface area contributed by atoms with Gasteiger partial charge in [0.05, 0.1) is 4.90 Å². The maximum Gasteiger partial charge on any atom is 0.240 e. The van der Waals surface area contributed by atoms with E-state index in [4.69, 9.17) is 0 Å². The molecule has 19 heavy (non-hydrogen) atoms. The van der Waals surface area contributed by atoms with E-state index in [0.717, 1.165) is 12.1 Å². The minimum absolute atomic E-state index is 0.307. The summed E-state index contributed by atoms with van der Waals surface area (Å²) in [6.45, 7) is 6.48. The normalized spacial score (nSPS) is 13.2. The highest BCUT2D eigenvalue weighted by atomic mass is 32.2. The van der Waals surface area contributed by atoms with Crippen LogP contribution in [0.15, 0.2) is 29.2 Å². The molecule has 0 bridgehead atoms. The Bertz CT molecular complexity index is 469. The zero-order valence-corrected chi connectivity index (χ0v) is 12.8. The third-order valence-electron chi connectivity index (χ3n) is 2.90. The molecule has 0 aliphatic heterocycles. The quantitative estimate of drug-likeness (QED) is 0.771. The number of sulfonamides is 1. The van der Waals surface area contributed by atoms with Crippen LogP contribution >= 0.6 is 0 Å². The van der Waals surface area contributed by atoms with Crippen molar-refractivity contribution in [1.82, 2.24) is 4.72 Å². The molecule has 0 amide bonds. The molecule has 1 aromatic carbocycles. The van der Waals surface area contributed by atoms with Crippen molar-refractivity contribution in [2.45, 2.75) is 51.0 Å². The molecule has 0 saturated carbocycles. The molecule has 0 heterocycles. The van der Waals surface area contributed by atoms with Gasteiger partial charge in [-0.05, 0) is 37.6 Å². The zero-order chi connectivity index (χ0) is 14.3. The van der Waals surface area contributed by atoms with Crippen LogP contribution in [-0.4, -0.2) is 21.0 Å². The molecule has 5 heteroatoms. The lowest BCUT2D eigenvalue weighted by molar-refractivity contribution is 0.584. The van der Waals surface area contributed by atoms with Crippen LogP contribution in [0.2, 0.25) is 0 Å². The van der Waals surface area contributed by atoms with Gasteiger partial charge >= 0.3 is 0 Å². The van der Waals surface area contributed by atoms with Gasteiger partial charge in [-0.15, -0.1) is 0 Å². The van der Waals surface area contributed by atoms with Gasteiger partial charge in [0.25, 0.3) is 0 Å². The summed E-state index contributed by atoms with van der Waals surface area (Å²) in [6, 6.07) is 7.29. The lowest BCUT2D eigenvalue weighted by Gasteiger charge is -2.15. The van der Waals surface area contributed by atoms with Gasteiger partial charge in [-0.25, -0.2) is 13.1 Å². The van der Waals surface area contributed by atoms with Crippen LogP contribution in [0.5, 0.6) is 0 Å². The second kappa shape index (κ2) is 7.50. The molecule has 108 valence electrons. The molecule has 1 atom stereocenters. The first-order valence-electron chi connectivity index (χ1n) is 6.85. The van der Waals surface area contributed by atoms with Crippen molar-refractivity contribution in [2.75, 3.05) is 11.9 Å². The number of benzene rings is 1. The average molecular weight is 284 g/mol. The Hall–Kier alpha value is -1.07. The zero-order valence-electron chi connectivity index (χ0n) is 11.9. The summed E-state index contributed by atoms with van der Waals surface area (Å²) in [7, 11) is -3.35. The summed E-state index contributed by atoms with van der Waals surface area (Å²) in [6.07, 6.45) is 3.50. The summed E-state index contributed by atoms with van der Waals surface area (Å²) in [5.74, 6) is 0.